The van der Waals surface area contributed by atoms with Crippen LogP contribution >= 0.6 is 23.5 Å². The predicted octanol–water partition coefficient (Wildman–Crippen LogP) is 1.61. The maximum absolute atomic E-state index is 9.78. The highest BCUT2D eigenvalue weighted by atomic mass is 32.2. The summed E-state index contributed by atoms with van der Waals surface area (Å²) in [5.74, 6) is 4.34. The first-order chi connectivity index (χ1) is 5.38. The molecule has 1 N–H and O–H groups in total. The van der Waals surface area contributed by atoms with E-state index in [0.29, 0.717) is 11.2 Å². The number of aliphatic hydroxyl groups is 1. The lowest BCUT2D eigenvalue weighted by molar-refractivity contribution is 0.154. The van der Waals surface area contributed by atoms with Crippen LogP contribution in [0.3, 0.4) is 0 Å². The molecule has 1 heterocycles. The largest absolute Gasteiger partial charge is 0.392 e. The van der Waals surface area contributed by atoms with Crippen molar-refractivity contribution in [1.82, 2.24) is 0 Å². The van der Waals surface area contributed by atoms with Gasteiger partial charge in [-0.2, -0.15) is 23.5 Å². The summed E-state index contributed by atoms with van der Waals surface area (Å²) in [7, 11) is 0. The van der Waals surface area contributed by atoms with Crippen LogP contribution in [0.2, 0.25) is 0 Å². The van der Waals surface area contributed by atoms with Gasteiger partial charge >= 0.3 is 0 Å². The first-order valence-corrected chi connectivity index (χ1v) is 6.45. The molecule has 1 nitrogen and oxygen atoms in total. The van der Waals surface area contributed by atoms with Crippen LogP contribution in [0.1, 0.15) is 12.8 Å². The molecule has 2 aliphatic rings. The second-order valence-electron chi connectivity index (χ2n) is 3.31. The number of hydrogen-bond acceptors (Lipinski definition) is 3. The van der Waals surface area contributed by atoms with Gasteiger partial charge in [0.1, 0.15) is 0 Å². The van der Waals surface area contributed by atoms with Crippen LogP contribution in [0, 0.1) is 5.92 Å². The van der Waals surface area contributed by atoms with E-state index in [-0.39, 0.29) is 6.10 Å². The third-order valence-electron chi connectivity index (χ3n) is 2.33. The van der Waals surface area contributed by atoms with Gasteiger partial charge in [-0.05, 0) is 18.8 Å². The van der Waals surface area contributed by atoms with E-state index in [0.717, 1.165) is 0 Å². The smallest absolute Gasteiger partial charge is 0.0694 e. The summed E-state index contributed by atoms with van der Waals surface area (Å²) >= 11 is 3.96. The van der Waals surface area contributed by atoms with Gasteiger partial charge in [0.15, 0.2) is 0 Å². The Kier molecular flexibility index (Phi) is 2.69. The Labute approximate surface area is 76.3 Å². The summed E-state index contributed by atoms with van der Waals surface area (Å²) < 4.78 is 0. The van der Waals surface area contributed by atoms with Crippen molar-refractivity contribution >= 4 is 23.5 Å². The third kappa shape index (κ3) is 2.07. The van der Waals surface area contributed by atoms with Crippen LogP contribution in [0.4, 0.5) is 0 Å². The number of aliphatic hydroxyl groups excluding tert-OH is 1. The summed E-state index contributed by atoms with van der Waals surface area (Å²) in [6, 6.07) is 0. The molecule has 0 radical (unpaired) electrons. The van der Waals surface area contributed by atoms with Crippen molar-refractivity contribution in [1.29, 1.82) is 0 Å². The molecule has 2 unspecified atom stereocenters. The Morgan fingerprint density at radius 1 is 1.27 bits per heavy atom. The van der Waals surface area contributed by atoms with Crippen LogP contribution in [0.25, 0.3) is 0 Å². The highest BCUT2D eigenvalue weighted by Crippen LogP contribution is 2.39. The molecule has 1 saturated heterocycles. The minimum atomic E-state index is 0.00722. The molecule has 2 fully saturated rings. The van der Waals surface area contributed by atoms with Gasteiger partial charge < -0.3 is 5.11 Å². The van der Waals surface area contributed by atoms with E-state index in [9.17, 15) is 5.11 Å². The Morgan fingerprint density at radius 2 is 2.09 bits per heavy atom. The van der Waals surface area contributed by atoms with Gasteiger partial charge in [0.2, 0.25) is 0 Å². The van der Waals surface area contributed by atoms with E-state index in [4.69, 9.17) is 0 Å². The first-order valence-electron chi connectivity index (χ1n) is 4.25. The first kappa shape index (κ1) is 8.27. The van der Waals surface area contributed by atoms with Crippen LogP contribution in [-0.4, -0.2) is 33.7 Å². The summed E-state index contributed by atoms with van der Waals surface area (Å²) in [4.78, 5) is 0. The van der Waals surface area contributed by atoms with Gasteiger partial charge in [0.05, 0.1) is 6.10 Å². The van der Waals surface area contributed by atoms with Gasteiger partial charge in [0, 0.05) is 22.5 Å². The van der Waals surface area contributed by atoms with E-state index in [1.54, 1.807) is 0 Å². The molecular weight excluding hydrogens is 176 g/mol. The summed E-state index contributed by atoms with van der Waals surface area (Å²) in [5, 5.41) is 10.3. The van der Waals surface area contributed by atoms with Crippen molar-refractivity contribution in [3.05, 3.63) is 0 Å². The van der Waals surface area contributed by atoms with Gasteiger partial charge in [-0.15, -0.1) is 0 Å². The molecule has 0 aromatic carbocycles. The summed E-state index contributed by atoms with van der Waals surface area (Å²) in [6.45, 7) is 0. The molecule has 64 valence electrons. The van der Waals surface area contributed by atoms with Crippen LogP contribution in [-0.2, 0) is 0 Å². The Hall–Kier alpha value is 0.660. The fourth-order valence-corrected chi connectivity index (χ4v) is 4.29. The molecule has 0 spiro atoms. The Balaban J connectivity index is 1.81. The SMILES string of the molecule is OC(C1CC1)C1CSCCS1. The zero-order valence-electron chi connectivity index (χ0n) is 6.53. The maximum Gasteiger partial charge on any atom is 0.0694 e. The third-order valence-corrected chi connectivity index (χ3v) is 5.20. The molecule has 1 saturated carbocycles. The van der Waals surface area contributed by atoms with E-state index in [1.165, 1.54) is 30.1 Å². The lowest BCUT2D eigenvalue weighted by Crippen LogP contribution is -2.30. The molecular formula is C8H14OS2. The van der Waals surface area contributed by atoms with Crippen molar-refractivity contribution < 1.29 is 5.11 Å². The van der Waals surface area contributed by atoms with Gasteiger partial charge in [-0.3, -0.25) is 0 Å². The predicted molar refractivity (Wildman–Crippen MR) is 52.3 cm³/mol. The van der Waals surface area contributed by atoms with E-state index < -0.39 is 0 Å². The Morgan fingerprint density at radius 3 is 2.64 bits per heavy atom. The molecule has 0 aromatic rings. The van der Waals surface area contributed by atoms with Gasteiger partial charge in [-0.25, -0.2) is 0 Å². The fourth-order valence-electron chi connectivity index (χ4n) is 1.44. The monoisotopic (exact) mass is 190 g/mol. The zero-order chi connectivity index (χ0) is 7.68. The topological polar surface area (TPSA) is 20.2 Å². The van der Waals surface area contributed by atoms with Crippen molar-refractivity contribution in [2.24, 2.45) is 5.92 Å². The molecule has 2 atom stereocenters. The van der Waals surface area contributed by atoms with Crippen molar-refractivity contribution in [2.75, 3.05) is 17.3 Å². The number of thioether (sulfide) groups is 2. The quantitative estimate of drug-likeness (QED) is 0.714. The molecule has 0 aromatic heterocycles. The maximum atomic E-state index is 9.78. The van der Waals surface area contributed by atoms with Crippen LogP contribution in [0.15, 0.2) is 0 Å². The lowest BCUT2D eigenvalue weighted by Gasteiger charge is -2.25. The van der Waals surface area contributed by atoms with Gasteiger partial charge in [-0.1, -0.05) is 0 Å². The number of hydrogen-bond donors (Lipinski definition) is 1. The molecule has 2 rings (SSSR count). The van der Waals surface area contributed by atoms with E-state index in [1.807, 2.05) is 23.5 Å². The van der Waals surface area contributed by atoms with E-state index in [2.05, 4.69) is 0 Å². The summed E-state index contributed by atoms with van der Waals surface area (Å²) in [6.07, 6.45) is 2.54. The lowest BCUT2D eigenvalue weighted by atomic mass is 10.2. The molecule has 0 amide bonds. The van der Waals surface area contributed by atoms with Crippen LogP contribution < -0.4 is 0 Å². The highest BCUT2D eigenvalue weighted by molar-refractivity contribution is 8.06. The minimum absolute atomic E-state index is 0.00722. The van der Waals surface area contributed by atoms with Crippen LogP contribution in [0.5, 0.6) is 0 Å². The highest BCUT2D eigenvalue weighted by Gasteiger charge is 2.35. The molecule has 1 aliphatic carbocycles. The average Bonchev–Trinajstić information content (AvgIpc) is 2.87. The minimum Gasteiger partial charge on any atom is -0.392 e. The zero-order valence-corrected chi connectivity index (χ0v) is 8.16. The van der Waals surface area contributed by atoms with Crippen molar-refractivity contribution in [2.45, 2.75) is 24.2 Å². The van der Waals surface area contributed by atoms with E-state index >= 15 is 0 Å². The Bertz CT molecular complexity index is 130. The summed E-state index contributed by atoms with van der Waals surface area (Å²) in [5.41, 5.74) is 0. The molecule has 11 heavy (non-hydrogen) atoms. The average molecular weight is 190 g/mol. The fraction of sp³-hybridized carbons (Fsp3) is 1.00. The molecule has 3 heteroatoms. The standard InChI is InChI=1S/C8H14OS2/c9-8(6-1-2-6)7-5-10-3-4-11-7/h6-9H,1-5H2. The molecule has 0 bridgehead atoms. The second kappa shape index (κ2) is 3.58. The van der Waals surface area contributed by atoms with Crippen molar-refractivity contribution in [3.63, 3.8) is 0 Å². The van der Waals surface area contributed by atoms with Gasteiger partial charge in [0.25, 0.3) is 0 Å². The normalized spacial score (nSPS) is 35.2. The second-order valence-corrected chi connectivity index (χ2v) is 5.81. The van der Waals surface area contributed by atoms with Crippen molar-refractivity contribution in [3.8, 4) is 0 Å². The number of rotatable bonds is 2. The molecule has 1 aliphatic heterocycles.